The van der Waals surface area contributed by atoms with Crippen molar-refractivity contribution in [3.05, 3.63) is 104 Å². The van der Waals surface area contributed by atoms with Gasteiger partial charge in [-0.25, -0.2) is 0 Å². The number of nitrogens with zero attached hydrogens (tertiary/aromatic N) is 1. The lowest BCUT2D eigenvalue weighted by molar-refractivity contribution is 0.0730. The largest absolute Gasteiger partial charge is 0.497 e. The van der Waals surface area contributed by atoms with Gasteiger partial charge in [-0.15, -0.1) is 11.8 Å². The number of rotatable bonds is 6. The summed E-state index contributed by atoms with van der Waals surface area (Å²) in [5.41, 5.74) is 4.61. The molecule has 0 aliphatic carbocycles. The Labute approximate surface area is 208 Å². The highest BCUT2D eigenvalue weighted by atomic mass is 32.2. The molecule has 3 aromatic carbocycles. The van der Waals surface area contributed by atoms with Crippen molar-refractivity contribution < 1.29 is 13.9 Å². The molecule has 0 radical (unpaired) electrons. The van der Waals surface area contributed by atoms with Crippen LogP contribution in [0, 0.1) is 13.8 Å². The molecule has 0 fully saturated rings. The molecule has 2 heterocycles. The number of ether oxygens (including phenoxy) is 1. The van der Waals surface area contributed by atoms with Crippen LogP contribution in [-0.4, -0.2) is 30.7 Å². The zero-order valence-corrected chi connectivity index (χ0v) is 21.1. The molecular formula is C29H27NO4S. The fraction of sp³-hybridized carbons (Fsp3) is 0.241. The van der Waals surface area contributed by atoms with Crippen molar-refractivity contribution in [1.29, 1.82) is 0 Å². The summed E-state index contributed by atoms with van der Waals surface area (Å²) in [5, 5.41) is 0.546. The van der Waals surface area contributed by atoms with Crippen molar-refractivity contribution in [2.75, 3.05) is 19.9 Å². The molecule has 1 aliphatic rings. The summed E-state index contributed by atoms with van der Waals surface area (Å²) in [5.74, 6) is 0.698. The summed E-state index contributed by atoms with van der Waals surface area (Å²) in [6.45, 7) is 4.33. The first kappa shape index (κ1) is 23.2. The predicted molar refractivity (Wildman–Crippen MR) is 140 cm³/mol. The number of carbonyl (C=O) groups is 1. The second kappa shape index (κ2) is 9.27. The Morgan fingerprint density at radius 2 is 1.71 bits per heavy atom. The van der Waals surface area contributed by atoms with Crippen LogP contribution in [0.1, 0.15) is 44.4 Å². The van der Waals surface area contributed by atoms with E-state index in [9.17, 15) is 9.59 Å². The molecule has 1 unspecified atom stereocenters. The third kappa shape index (κ3) is 4.12. The minimum Gasteiger partial charge on any atom is -0.497 e. The molecule has 35 heavy (non-hydrogen) atoms. The van der Waals surface area contributed by atoms with E-state index in [0.29, 0.717) is 29.5 Å². The van der Waals surface area contributed by atoms with Crippen LogP contribution in [0.25, 0.3) is 11.0 Å². The fourth-order valence-electron chi connectivity index (χ4n) is 4.92. The lowest BCUT2D eigenvalue weighted by Gasteiger charge is -2.25. The Balaban J connectivity index is 1.62. The average Bonchev–Trinajstić information content (AvgIpc) is 3.14. The first-order valence-corrected chi connectivity index (χ1v) is 12.8. The molecule has 0 N–H and O–H groups in total. The highest BCUT2D eigenvalue weighted by Crippen LogP contribution is 2.39. The number of methoxy groups -OCH3 is 1. The van der Waals surface area contributed by atoms with Gasteiger partial charge in [0.05, 0.1) is 24.1 Å². The monoisotopic (exact) mass is 485 g/mol. The van der Waals surface area contributed by atoms with Crippen LogP contribution < -0.4 is 10.2 Å². The van der Waals surface area contributed by atoms with E-state index in [1.54, 1.807) is 23.8 Å². The van der Waals surface area contributed by atoms with Crippen LogP contribution in [0.2, 0.25) is 0 Å². The van der Waals surface area contributed by atoms with Crippen LogP contribution in [0.3, 0.4) is 0 Å². The van der Waals surface area contributed by atoms with Crippen LogP contribution >= 0.6 is 11.8 Å². The number of amides is 1. The second-order valence-electron chi connectivity index (χ2n) is 8.90. The molecular weight excluding hydrogens is 458 g/mol. The van der Waals surface area contributed by atoms with Crippen molar-refractivity contribution >= 4 is 28.6 Å². The summed E-state index contributed by atoms with van der Waals surface area (Å²) < 4.78 is 11.4. The molecule has 1 aliphatic heterocycles. The van der Waals surface area contributed by atoms with E-state index in [1.165, 1.54) is 0 Å². The maximum absolute atomic E-state index is 13.8. The lowest BCUT2D eigenvalue weighted by atomic mass is 9.96. The molecule has 6 heteroatoms. The Hall–Kier alpha value is -3.51. The zero-order chi connectivity index (χ0) is 24.7. The van der Waals surface area contributed by atoms with Gasteiger partial charge >= 0.3 is 0 Å². The molecule has 1 atom stereocenters. The molecule has 1 aromatic heterocycles. The minimum atomic E-state index is -0.493. The number of hydrogen-bond acceptors (Lipinski definition) is 5. The number of thioether (sulfide) groups is 1. The molecule has 0 spiro atoms. The smallest absolute Gasteiger partial charge is 0.290 e. The van der Waals surface area contributed by atoms with Gasteiger partial charge in [-0.1, -0.05) is 30.3 Å². The van der Waals surface area contributed by atoms with Gasteiger partial charge in [0.15, 0.2) is 5.43 Å². The second-order valence-corrected chi connectivity index (χ2v) is 9.78. The van der Waals surface area contributed by atoms with Gasteiger partial charge in [0.2, 0.25) is 5.76 Å². The molecule has 0 saturated heterocycles. The SMILES string of the molecule is COc1ccc(CCN2C(=O)c3oc4cc(C)cc(C)c4c(=O)c3C2c2ccc(SC)cc2)cc1. The highest BCUT2D eigenvalue weighted by Gasteiger charge is 2.42. The van der Waals surface area contributed by atoms with E-state index < -0.39 is 6.04 Å². The van der Waals surface area contributed by atoms with E-state index in [4.69, 9.17) is 9.15 Å². The van der Waals surface area contributed by atoms with Crippen LogP contribution in [0.4, 0.5) is 0 Å². The van der Waals surface area contributed by atoms with Gasteiger partial charge in [0.1, 0.15) is 11.3 Å². The minimum absolute atomic E-state index is 0.127. The van der Waals surface area contributed by atoms with Crippen LogP contribution in [0.15, 0.2) is 74.8 Å². The van der Waals surface area contributed by atoms with Crippen molar-refractivity contribution in [2.45, 2.75) is 31.2 Å². The summed E-state index contributed by atoms with van der Waals surface area (Å²) in [7, 11) is 1.64. The number of carbonyl (C=O) groups excluding carboxylic acids is 1. The average molecular weight is 486 g/mol. The molecule has 0 saturated carbocycles. The lowest BCUT2D eigenvalue weighted by Crippen LogP contribution is -2.31. The Bertz CT molecular complexity index is 1470. The van der Waals surface area contributed by atoms with Crippen molar-refractivity contribution in [3.63, 3.8) is 0 Å². The highest BCUT2D eigenvalue weighted by molar-refractivity contribution is 7.98. The van der Waals surface area contributed by atoms with Gasteiger partial charge in [-0.05, 0) is 79.1 Å². The Morgan fingerprint density at radius 1 is 1.00 bits per heavy atom. The standard InChI is InChI=1S/C29H27NO4S/c1-17-15-18(2)24-23(16-17)34-28-25(27(24)31)26(20-7-11-22(35-4)12-8-20)30(29(28)32)14-13-19-5-9-21(33-3)10-6-19/h5-12,15-16,26H,13-14H2,1-4H3. The van der Waals surface area contributed by atoms with Gasteiger partial charge in [-0.2, -0.15) is 0 Å². The third-order valence-corrected chi connectivity index (χ3v) is 7.39. The van der Waals surface area contributed by atoms with E-state index in [-0.39, 0.29) is 17.1 Å². The number of fused-ring (bicyclic) bond motifs is 2. The van der Waals surface area contributed by atoms with Crippen molar-refractivity contribution in [2.24, 2.45) is 0 Å². The van der Waals surface area contributed by atoms with Crippen LogP contribution in [-0.2, 0) is 6.42 Å². The van der Waals surface area contributed by atoms with Crippen LogP contribution in [0.5, 0.6) is 5.75 Å². The first-order chi connectivity index (χ1) is 16.9. The molecule has 5 nitrogen and oxygen atoms in total. The van der Waals surface area contributed by atoms with Gasteiger partial charge in [-0.3, -0.25) is 9.59 Å². The molecule has 178 valence electrons. The first-order valence-electron chi connectivity index (χ1n) is 11.6. The van der Waals surface area contributed by atoms with E-state index >= 15 is 0 Å². The molecule has 1 amide bonds. The third-order valence-electron chi connectivity index (χ3n) is 6.64. The van der Waals surface area contributed by atoms with Crippen molar-refractivity contribution in [1.82, 2.24) is 4.90 Å². The maximum atomic E-state index is 13.8. The topological polar surface area (TPSA) is 59.8 Å². The summed E-state index contributed by atoms with van der Waals surface area (Å²) in [4.78, 5) is 30.4. The quantitative estimate of drug-likeness (QED) is 0.317. The summed E-state index contributed by atoms with van der Waals surface area (Å²) in [6.07, 6.45) is 2.67. The van der Waals surface area contributed by atoms with E-state index in [1.807, 2.05) is 80.8 Å². The number of aryl methyl sites for hydroxylation is 2. The van der Waals surface area contributed by atoms with E-state index in [2.05, 4.69) is 0 Å². The number of hydrogen-bond donors (Lipinski definition) is 0. The fourth-order valence-corrected chi connectivity index (χ4v) is 5.33. The van der Waals surface area contributed by atoms with Crippen molar-refractivity contribution in [3.8, 4) is 5.75 Å². The molecule has 5 rings (SSSR count). The van der Waals surface area contributed by atoms with Gasteiger partial charge < -0.3 is 14.1 Å². The molecule has 0 bridgehead atoms. The zero-order valence-electron chi connectivity index (χ0n) is 20.3. The maximum Gasteiger partial charge on any atom is 0.290 e. The van der Waals surface area contributed by atoms with Gasteiger partial charge in [0.25, 0.3) is 5.91 Å². The van der Waals surface area contributed by atoms with E-state index in [0.717, 1.165) is 32.9 Å². The molecule has 4 aromatic rings. The normalized spacial score (nSPS) is 15.0. The Kier molecular flexibility index (Phi) is 6.15. The predicted octanol–water partition coefficient (Wildman–Crippen LogP) is 5.93. The summed E-state index contributed by atoms with van der Waals surface area (Å²) in [6, 6.07) is 19.2. The van der Waals surface area contributed by atoms with Gasteiger partial charge in [0, 0.05) is 11.4 Å². The number of benzene rings is 3. The summed E-state index contributed by atoms with van der Waals surface area (Å²) >= 11 is 1.65. The Morgan fingerprint density at radius 3 is 2.37 bits per heavy atom.